The van der Waals surface area contributed by atoms with Crippen molar-refractivity contribution in [1.82, 2.24) is 9.80 Å². The summed E-state index contributed by atoms with van der Waals surface area (Å²) in [5, 5.41) is 0. The summed E-state index contributed by atoms with van der Waals surface area (Å²) >= 11 is 3.27. The number of nitrogens with zero attached hydrogens (tertiary/aromatic N) is 2. The van der Waals surface area contributed by atoms with Gasteiger partial charge in [0.1, 0.15) is 5.82 Å². The fraction of sp³-hybridized carbons (Fsp3) is 0.533. The molecule has 0 aromatic heterocycles. The van der Waals surface area contributed by atoms with Crippen LogP contribution in [0.15, 0.2) is 22.7 Å². The predicted octanol–water partition coefficient (Wildman–Crippen LogP) is 3.14. The van der Waals surface area contributed by atoms with Gasteiger partial charge in [-0.25, -0.2) is 4.39 Å². The third kappa shape index (κ3) is 3.20. The van der Waals surface area contributed by atoms with E-state index in [0.717, 1.165) is 32.5 Å². The first-order chi connectivity index (χ1) is 9.54. The number of benzene rings is 1. The maximum Gasteiger partial charge on any atom is 0.257 e. The molecule has 1 aliphatic rings. The number of carbonyl (C=O) groups excluding carboxylic acids is 1. The van der Waals surface area contributed by atoms with Gasteiger partial charge in [0.15, 0.2) is 0 Å². The molecule has 0 atom stereocenters. The first-order valence-electron chi connectivity index (χ1n) is 6.98. The number of carbonyl (C=O) groups is 1. The standard InChI is InChI=1S/C15H20BrFN2O/c1-3-19-9-7-11(8-10-19)18(2)15(20)14-12(16)5-4-6-13(14)17/h4-6,11H,3,7-10H2,1-2H3. The summed E-state index contributed by atoms with van der Waals surface area (Å²) in [6.07, 6.45) is 1.89. The van der Waals surface area contributed by atoms with Crippen LogP contribution >= 0.6 is 15.9 Å². The van der Waals surface area contributed by atoms with E-state index < -0.39 is 5.82 Å². The van der Waals surface area contributed by atoms with Gasteiger partial charge in [-0.2, -0.15) is 0 Å². The van der Waals surface area contributed by atoms with E-state index in [-0.39, 0.29) is 17.5 Å². The molecule has 20 heavy (non-hydrogen) atoms. The molecule has 1 amide bonds. The van der Waals surface area contributed by atoms with E-state index in [4.69, 9.17) is 0 Å². The van der Waals surface area contributed by atoms with Crippen LogP contribution in [0.4, 0.5) is 4.39 Å². The Morgan fingerprint density at radius 1 is 1.45 bits per heavy atom. The quantitative estimate of drug-likeness (QED) is 0.842. The zero-order valence-electron chi connectivity index (χ0n) is 11.9. The average molecular weight is 343 g/mol. The lowest BCUT2D eigenvalue weighted by atomic mass is 10.0. The Morgan fingerprint density at radius 3 is 2.65 bits per heavy atom. The minimum Gasteiger partial charge on any atom is -0.339 e. The summed E-state index contributed by atoms with van der Waals surface area (Å²) in [6.45, 7) is 5.18. The predicted molar refractivity (Wildman–Crippen MR) is 81.3 cm³/mol. The van der Waals surface area contributed by atoms with Gasteiger partial charge in [-0.3, -0.25) is 4.79 Å². The normalized spacial score (nSPS) is 17.2. The van der Waals surface area contributed by atoms with Crippen molar-refractivity contribution in [2.24, 2.45) is 0 Å². The molecular formula is C15H20BrFN2O. The van der Waals surface area contributed by atoms with Crippen molar-refractivity contribution in [3.05, 3.63) is 34.1 Å². The first kappa shape index (κ1) is 15.4. The van der Waals surface area contributed by atoms with Crippen LogP contribution in [0.1, 0.15) is 30.1 Å². The Balaban J connectivity index is 2.10. The van der Waals surface area contributed by atoms with Gasteiger partial charge in [-0.15, -0.1) is 0 Å². The number of amides is 1. The van der Waals surface area contributed by atoms with Crippen molar-refractivity contribution in [3.8, 4) is 0 Å². The minimum absolute atomic E-state index is 0.132. The van der Waals surface area contributed by atoms with Gasteiger partial charge < -0.3 is 9.80 Å². The van der Waals surface area contributed by atoms with Crippen molar-refractivity contribution in [3.63, 3.8) is 0 Å². The molecule has 0 radical (unpaired) electrons. The molecule has 0 spiro atoms. The van der Waals surface area contributed by atoms with Crippen LogP contribution in [-0.2, 0) is 0 Å². The van der Waals surface area contributed by atoms with Gasteiger partial charge in [0.25, 0.3) is 5.91 Å². The minimum atomic E-state index is -0.470. The number of hydrogen-bond acceptors (Lipinski definition) is 2. The molecular weight excluding hydrogens is 323 g/mol. The van der Waals surface area contributed by atoms with Crippen LogP contribution in [0.2, 0.25) is 0 Å². The Hall–Kier alpha value is -0.940. The Kier molecular flexibility index (Phi) is 5.16. The lowest BCUT2D eigenvalue weighted by Crippen LogP contribution is -2.45. The number of hydrogen-bond donors (Lipinski definition) is 0. The van der Waals surface area contributed by atoms with E-state index >= 15 is 0 Å². The Morgan fingerprint density at radius 2 is 2.10 bits per heavy atom. The van der Waals surface area contributed by atoms with E-state index in [9.17, 15) is 9.18 Å². The first-order valence-corrected chi connectivity index (χ1v) is 7.77. The summed E-state index contributed by atoms with van der Waals surface area (Å²) in [5.41, 5.74) is 0.132. The van der Waals surface area contributed by atoms with Crippen molar-refractivity contribution in [2.75, 3.05) is 26.7 Å². The van der Waals surface area contributed by atoms with Gasteiger partial charge in [-0.05, 0) is 47.4 Å². The van der Waals surface area contributed by atoms with Gasteiger partial charge in [0, 0.05) is 30.7 Å². The molecule has 1 fully saturated rings. The smallest absolute Gasteiger partial charge is 0.257 e. The highest BCUT2D eigenvalue weighted by Gasteiger charge is 2.27. The molecule has 5 heteroatoms. The highest BCUT2D eigenvalue weighted by molar-refractivity contribution is 9.10. The second-order valence-electron chi connectivity index (χ2n) is 5.18. The molecule has 110 valence electrons. The Labute approximate surface area is 127 Å². The van der Waals surface area contributed by atoms with E-state index in [1.807, 2.05) is 0 Å². The second kappa shape index (κ2) is 6.68. The molecule has 1 heterocycles. The zero-order valence-corrected chi connectivity index (χ0v) is 13.5. The van der Waals surface area contributed by atoms with Crippen molar-refractivity contribution >= 4 is 21.8 Å². The van der Waals surface area contributed by atoms with Crippen LogP contribution in [0.5, 0.6) is 0 Å². The number of likely N-dealkylation sites (tertiary alicyclic amines) is 1. The largest absolute Gasteiger partial charge is 0.339 e. The molecule has 3 nitrogen and oxygen atoms in total. The van der Waals surface area contributed by atoms with E-state index in [1.54, 1.807) is 24.1 Å². The molecule has 0 aliphatic carbocycles. The molecule has 1 aromatic carbocycles. The van der Waals surface area contributed by atoms with Gasteiger partial charge in [-0.1, -0.05) is 13.0 Å². The summed E-state index contributed by atoms with van der Waals surface area (Å²) in [4.78, 5) is 16.5. The summed E-state index contributed by atoms with van der Waals surface area (Å²) in [7, 11) is 1.77. The molecule has 0 saturated carbocycles. The van der Waals surface area contributed by atoms with Crippen LogP contribution in [0.25, 0.3) is 0 Å². The van der Waals surface area contributed by atoms with Crippen molar-refractivity contribution in [1.29, 1.82) is 0 Å². The number of halogens is 2. The molecule has 0 N–H and O–H groups in total. The maximum absolute atomic E-state index is 13.9. The van der Waals surface area contributed by atoms with Gasteiger partial charge in [0.05, 0.1) is 5.56 Å². The van der Waals surface area contributed by atoms with Crippen molar-refractivity contribution < 1.29 is 9.18 Å². The van der Waals surface area contributed by atoms with Gasteiger partial charge >= 0.3 is 0 Å². The average Bonchev–Trinajstić information content (AvgIpc) is 2.46. The lowest BCUT2D eigenvalue weighted by Gasteiger charge is -2.36. The lowest BCUT2D eigenvalue weighted by molar-refractivity contribution is 0.0641. The van der Waals surface area contributed by atoms with Crippen LogP contribution in [-0.4, -0.2) is 48.4 Å². The Bertz CT molecular complexity index is 467. The zero-order chi connectivity index (χ0) is 14.7. The van der Waals surface area contributed by atoms with E-state index in [2.05, 4.69) is 27.8 Å². The molecule has 0 bridgehead atoms. The molecule has 0 unspecified atom stereocenters. The fourth-order valence-electron chi connectivity index (χ4n) is 2.67. The second-order valence-corrected chi connectivity index (χ2v) is 6.03. The SMILES string of the molecule is CCN1CCC(N(C)C(=O)c2c(F)cccc2Br)CC1. The molecule has 1 aromatic rings. The van der Waals surface area contributed by atoms with Crippen LogP contribution in [0.3, 0.4) is 0 Å². The fourth-order valence-corrected chi connectivity index (χ4v) is 3.18. The topological polar surface area (TPSA) is 23.6 Å². The summed E-state index contributed by atoms with van der Waals surface area (Å²) in [6, 6.07) is 4.81. The molecule has 1 aliphatic heterocycles. The highest BCUT2D eigenvalue weighted by atomic mass is 79.9. The number of rotatable bonds is 3. The summed E-state index contributed by atoms with van der Waals surface area (Å²) in [5.74, 6) is -0.716. The third-order valence-corrected chi connectivity index (χ3v) is 4.71. The molecule has 1 saturated heterocycles. The van der Waals surface area contributed by atoms with Crippen LogP contribution < -0.4 is 0 Å². The maximum atomic E-state index is 13.9. The number of piperidine rings is 1. The summed E-state index contributed by atoms with van der Waals surface area (Å²) < 4.78 is 14.4. The van der Waals surface area contributed by atoms with Crippen LogP contribution in [0, 0.1) is 5.82 Å². The molecule has 2 rings (SSSR count). The third-order valence-electron chi connectivity index (χ3n) is 4.05. The monoisotopic (exact) mass is 342 g/mol. The highest BCUT2D eigenvalue weighted by Crippen LogP contribution is 2.24. The van der Waals surface area contributed by atoms with E-state index in [0.29, 0.717) is 4.47 Å². The van der Waals surface area contributed by atoms with E-state index in [1.165, 1.54) is 6.07 Å². The van der Waals surface area contributed by atoms with Crippen molar-refractivity contribution in [2.45, 2.75) is 25.8 Å². The van der Waals surface area contributed by atoms with Gasteiger partial charge in [0.2, 0.25) is 0 Å².